The van der Waals surface area contributed by atoms with E-state index in [0.29, 0.717) is 10.0 Å². The van der Waals surface area contributed by atoms with Gasteiger partial charge >= 0.3 is 11.9 Å². The number of nitro groups is 1. The summed E-state index contributed by atoms with van der Waals surface area (Å²) in [6.45, 7) is 1.66. The van der Waals surface area contributed by atoms with Crippen LogP contribution in [0.4, 0.5) is 11.4 Å². The van der Waals surface area contributed by atoms with Crippen molar-refractivity contribution >= 4 is 39.2 Å². The Morgan fingerprint density at radius 2 is 1.81 bits per heavy atom. The van der Waals surface area contributed by atoms with Crippen molar-refractivity contribution in [2.24, 2.45) is 0 Å². The van der Waals surface area contributed by atoms with Crippen molar-refractivity contribution < 1.29 is 24.0 Å². The number of halogens is 1. The molecule has 0 fully saturated rings. The van der Waals surface area contributed by atoms with Gasteiger partial charge in [-0.1, -0.05) is 22.0 Å². The lowest BCUT2D eigenvalue weighted by atomic mass is 10.1. The number of hydrogen-bond donors (Lipinski definition) is 0. The maximum absolute atomic E-state index is 12.4. The van der Waals surface area contributed by atoms with Crippen LogP contribution in [0, 0.1) is 17.0 Å². The Bertz CT molecular complexity index is 872. The fourth-order valence-electron chi connectivity index (χ4n) is 2.51. The van der Waals surface area contributed by atoms with E-state index in [1.165, 1.54) is 36.4 Å². The van der Waals surface area contributed by atoms with E-state index in [1.807, 2.05) is 0 Å². The Balaban J connectivity index is 2.84. The summed E-state index contributed by atoms with van der Waals surface area (Å²) in [4.78, 5) is 36.8. The van der Waals surface area contributed by atoms with Gasteiger partial charge < -0.3 is 14.4 Å². The third-order valence-electron chi connectivity index (χ3n) is 3.57. The molecular formula is C17H15BrN2O6. The van der Waals surface area contributed by atoms with Crippen LogP contribution in [0.15, 0.2) is 52.3 Å². The minimum absolute atomic E-state index is 0.0824. The number of carbonyl (C=O) groups excluding carboxylic acids is 2. The van der Waals surface area contributed by atoms with Gasteiger partial charge in [0.1, 0.15) is 11.4 Å². The van der Waals surface area contributed by atoms with Gasteiger partial charge in [0.05, 0.1) is 24.7 Å². The van der Waals surface area contributed by atoms with Gasteiger partial charge in [0, 0.05) is 16.7 Å². The first kappa shape index (κ1) is 19.4. The molecule has 0 unspecified atom stereocenters. The average molecular weight is 423 g/mol. The molecule has 0 saturated heterocycles. The molecule has 0 spiro atoms. The van der Waals surface area contributed by atoms with E-state index in [4.69, 9.17) is 9.47 Å². The lowest BCUT2D eigenvalue weighted by Gasteiger charge is -2.24. The second-order valence-electron chi connectivity index (χ2n) is 5.16. The standard InChI is InChI=1S/C17H15BrN2O6/c1-10-8-11(18)9-13(20(23)24)14(10)19-7-5-4-6-12(16(21)25-2)15(19)17(22)26-3/h4-9H,1-3H3. The Hall–Kier alpha value is -2.94. The van der Waals surface area contributed by atoms with Crippen molar-refractivity contribution in [3.05, 3.63) is 68.0 Å². The van der Waals surface area contributed by atoms with Crippen LogP contribution in [0.2, 0.25) is 0 Å². The summed E-state index contributed by atoms with van der Waals surface area (Å²) in [5, 5.41) is 11.6. The molecule has 1 aromatic carbocycles. The van der Waals surface area contributed by atoms with E-state index in [0.717, 1.165) is 7.11 Å². The molecule has 0 N–H and O–H groups in total. The Morgan fingerprint density at radius 1 is 1.15 bits per heavy atom. The molecule has 0 amide bonds. The van der Waals surface area contributed by atoms with Crippen molar-refractivity contribution in [1.29, 1.82) is 0 Å². The van der Waals surface area contributed by atoms with Crippen LogP contribution in [0.5, 0.6) is 0 Å². The molecule has 0 atom stereocenters. The molecule has 1 aromatic rings. The highest BCUT2D eigenvalue weighted by Gasteiger charge is 2.32. The molecule has 2 rings (SSSR count). The first-order valence-corrected chi connectivity index (χ1v) is 8.10. The average Bonchev–Trinajstić information content (AvgIpc) is 2.82. The van der Waals surface area contributed by atoms with Gasteiger partial charge in [0.15, 0.2) is 0 Å². The highest BCUT2D eigenvalue weighted by atomic mass is 79.9. The number of hydrogen-bond acceptors (Lipinski definition) is 7. The van der Waals surface area contributed by atoms with Gasteiger partial charge in [-0.3, -0.25) is 10.1 Å². The molecule has 136 valence electrons. The maximum atomic E-state index is 12.4. The summed E-state index contributed by atoms with van der Waals surface area (Å²) in [7, 11) is 2.33. The Kier molecular flexibility index (Phi) is 5.93. The van der Waals surface area contributed by atoms with E-state index in [-0.39, 0.29) is 22.6 Å². The smallest absolute Gasteiger partial charge is 0.355 e. The van der Waals surface area contributed by atoms with E-state index in [9.17, 15) is 19.7 Å². The first-order valence-electron chi connectivity index (χ1n) is 7.31. The lowest BCUT2D eigenvalue weighted by molar-refractivity contribution is -0.384. The molecule has 0 saturated carbocycles. The third kappa shape index (κ3) is 3.67. The predicted molar refractivity (Wildman–Crippen MR) is 97.4 cm³/mol. The largest absolute Gasteiger partial charge is 0.465 e. The van der Waals surface area contributed by atoms with Crippen LogP contribution in [0.3, 0.4) is 0 Å². The van der Waals surface area contributed by atoms with E-state index in [2.05, 4.69) is 15.9 Å². The van der Waals surface area contributed by atoms with Crippen LogP contribution in [-0.4, -0.2) is 31.1 Å². The number of nitro benzene ring substituents is 1. The molecular weight excluding hydrogens is 408 g/mol. The summed E-state index contributed by atoms with van der Waals surface area (Å²) in [6.07, 6.45) is 5.90. The first-order chi connectivity index (χ1) is 12.3. The molecule has 0 aromatic heterocycles. The molecule has 26 heavy (non-hydrogen) atoms. The fourth-order valence-corrected chi connectivity index (χ4v) is 3.07. The number of anilines is 1. The minimum Gasteiger partial charge on any atom is -0.465 e. The van der Waals surface area contributed by atoms with Crippen molar-refractivity contribution in [2.45, 2.75) is 6.92 Å². The second-order valence-corrected chi connectivity index (χ2v) is 6.08. The zero-order chi connectivity index (χ0) is 19.4. The highest BCUT2D eigenvalue weighted by Crippen LogP contribution is 2.38. The Morgan fingerprint density at radius 3 is 2.38 bits per heavy atom. The zero-order valence-corrected chi connectivity index (χ0v) is 15.8. The van der Waals surface area contributed by atoms with Crippen molar-refractivity contribution in [3.8, 4) is 0 Å². The van der Waals surface area contributed by atoms with Gasteiger partial charge in [-0.15, -0.1) is 0 Å². The summed E-state index contributed by atoms with van der Waals surface area (Å²) < 4.78 is 10.0. The van der Waals surface area contributed by atoms with E-state index >= 15 is 0 Å². The number of nitrogens with zero attached hydrogens (tertiary/aromatic N) is 2. The highest BCUT2D eigenvalue weighted by molar-refractivity contribution is 9.10. The summed E-state index contributed by atoms with van der Waals surface area (Å²) in [6, 6.07) is 2.99. The molecule has 0 bridgehead atoms. The third-order valence-corrected chi connectivity index (χ3v) is 4.03. The van der Waals surface area contributed by atoms with Crippen LogP contribution < -0.4 is 4.90 Å². The lowest BCUT2D eigenvalue weighted by Crippen LogP contribution is -2.28. The molecule has 0 aliphatic carbocycles. The molecule has 0 radical (unpaired) electrons. The number of methoxy groups -OCH3 is 2. The molecule has 9 heteroatoms. The normalized spacial score (nSPS) is 13.5. The van der Waals surface area contributed by atoms with Gasteiger partial charge in [0.2, 0.25) is 0 Å². The van der Waals surface area contributed by atoms with Gasteiger partial charge in [-0.2, -0.15) is 0 Å². The number of benzene rings is 1. The fraction of sp³-hybridized carbons (Fsp3) is 0.176. The summed E-state index contributed by atoms with van der Waals surface area (Å²) in [5.41, 5.74) is 0.149. The number of esters is 2. The second kappa shape index (κ2) is 7.96. The van der Waals surface area contributed by atoms with Crippen molar-refractivity contribution in [1.82, 2.24) is 0 Å². The Labute approximate surface area is 157 Å². The van der Waals surface area contributed by atoms with E-state index < -0.39 is 16.9 Å². The predicted octanol–water partition coefficient (Wildman–Crippen LogP) is 3.16. The van der Waals surface area contributed by atoms with Crippen LogP contribution >= 0.6 is 15.9 Å². The maximum Gasteiger partial charge on any atom is 0.355 e. The monoisotopic (exact) mass is 422 g/mol. The SMILES string of the molecule is COC(=O)C1=C(C(=O)OC)N(c2c(C)cc(Br)cc2[N+](=O)[O-])C=CC=C1. The zero-order valence-electron chi connectivity index (χ0n) is 14.2. The van der Waals surface area contributed by atoms with Crippen LogP contribution in [-0.2, 0) is 19.1 Å². The molecule has 1 heterocycles. The number of allylic oxidation sites excluding steroid dienone is 2. The number of carbonyl (C=O) groups is 2. The molecule has 1 aliphatic heterocycles. The molecule has 1 aliphatic rings. The van der Waals surface area contributed by atoms with Gasteiger partial charge in [-0.05, 0) is 30.7 Å². The van der Waals surface area contributed by atoms with Gasteiger partial charge in [0.25, 0.3) is 5.69 Å². The van der Waals surface area contributed by atoms with Gasteiger partial charge in [-0.25, -0.2) is 9.59 Å². The van der Waals surface area contributed by atoms with Crippen LogP contribution in [0.1, 0.15) is 5.56 Å². The topological polar surface area (TPSA) is 99.0 Å². The summed E-state index contributed by atoms with van der Waals surface area (Å²) >= 11 is 3.23. The minimum atomic E-state index is -0.835. The molecule has 8 nitrogen and oxygen atoms in total. The van der Waals surface area contributed by atoms with Crippen molar-refractivity contribution in [3.63, 3.8) is 0 Å². The van der Waals surface area contributed by atoms with Crippen molar-refractivity contribution in [2.75, 3.05) is 19.1 Å². The quantitative estimate of drug-likeness (QED) is 0.417. The van der Waals surface area contributed by atoms with E-state index in [1.54, 1.807) is 19.1 Å². The number of rotatable bonds is 4. The summed E-state index contributed by atoms with van der Waals surface area (Å²) in [5.74, 6) is -1.61. The van der Waals surface area contributed by atoms with Crippen LogP contribution in [0.25, 0.3) is 0 Å². The number of ether oxygens (including phenoxy) is 2. The number of aryl methyl sites for hydroxylation is 1.